The van der Waals surface area contributed by atoms with Crippen molar-refractivity contribution >= 4 is 5.78 Å². The molecule has 0 spiro atoms. The fourth-order valence-corrected chi connectivity index (χ4v) is 1.92. The number of aromatic nitrogens is 1. The summed E-state index contributed by atoms with van der Waals surface area (Å²) in [5.41, 5.74) is 0.587. The van der Waals surface area contributed by atoms with Gasteiger partial charge in [-0.25, -0.2) is 4.98 Å². The van der Waals surface area contributed by atoms with Gasteiger partial charge in [0, 0.05) is 6.20 Å². The Bertz CT molecular complexity index is 356. The Hall–Kier alpha value is -1.38. The van der Waals surface area contributed by atoms with Gasteiger partial charge >= 0.3 is 0 Å². The van der Waals surface area contributed by atoms with Crippen LogP contribution in [0.4, 0.5) is 0 Å². The standard InChI is InChI=1S/C12H15NO2/c1-9(14)11-7-4-8-13-12(11)15-10-5-2-3-6-10/h4,7-8,10H,2-3,5-6H2,1H3. The molecule has 0 unspecified atom stereocenters. The van der Waals surface area contributed by atoms with Crippen molar-refractivity contribution in [2.45, 2.75) is 38.7 Å². The Morgan fingerprint density at radius 3 is 2.87 bits per heavy atom. The highest BCUT2D eigenvalue weighted by atomic mass is 16.5. The van der Waals surface area contributed by atoms with E-state index in [1.165, 1.54) is 12.8 Å². The van der Waals surface area contributed by atoms with Gasteiger partial charge in [-0.15, -0.1) is 0 Å². The normalized spacial score (nSPS) is 16.6. The molecule has 0 atom stereocenters. The van der Waals surface area contributed by atoms with Crippen molar-refractivity contribution in [1.29, 1.82) is 0 Å². The Kier molecular flexibility index (Phi) is 2.99. The van der Waals surface area contributed by atoms with Gasteiger partial charge in [0.15, 0.2) is 5.78 Å². The largest absolute Gasteiger partial charge is 0.474 e. The van der Waals surface area contributed by atoms with E-state index in [-0.39, 0.29) is 11.9 Å². The smallest absolute Gasteiger partial charge is 0.224 e. The van der Waals surface area contributed by atoms with E-state index in [4.69, 9.17) is 4.74 Å². The Morgan fingerprint density at radius 1 is 1.47 bits per heavy atom. The van der Waals surface area contributed by atoms with Crippen LogP contribution in [0.15, 0.2) is 18.3 Å². The van der Waals surface area contributed by atoms with Crippen molar-refractivity contribution in [3.05, 3.63) is 23.9 Å². The van der Waals surface area contributed by atoms with E-state index in [0.29, 0.717) is 11.4 Å². The molecule has 2 rings (SSSR count). The number of Topliss-reactive ketones (excluding diaryl/α,β-unsaturated/α-hetero) is 1. The van der Waals surface area contributed by atoms with Gasteiger partial charge in [0.25, 0.3) is 0 Å². The van der Waals surface area contributed by atoms with Crippen LogP contribution < -0.4 is 4.74 Å². The third-order valence-electron chi connectivity index (χ3n) is 2.73. The molecule has 80 valence electrons. The zero-order chi connectivity index (χ0) is 10.7. The predicted octanol–water partition coefficient (Wildman–Crippen LogP) is 2.61. The molecule has 0 amide bonds. The number of carbonyl (C=O) groups is 1. The molecule has 3 heteroatoms. The van der Waals surface area contributed by atoms with Crippen molar-refractivity contribution < 1.29 is 9.53 Å². The molecular weight excluding hydrogens is 190 g/mol. The summed E-state index contributed by atoms with van der Waals surface area (Å²) in [4.78, 5) is 15.4. The number of ether oxygens (including phenoxy) is 1. The summed E-state index contributed by atoms with van der Waals surface area (Å²) < 4.78 is 5.74. The molecule has 3 nitrogen and oxygen atoms in total. The third kappa shape index (κ3) is 2.35. The molecule has 1 aliphatic carbocycles. The van der Waals surface area contributed by atoms with Crippen LogP contribution in [0.1, 0.15) is 43.0 Å². The monoisotopic (exact) mass is 205 g/mol. The van der Waals surface area contributed by atoms with Gasteiger partial charge in [0.05, 0.1) is 5.56 Å². The van der Waals surface area contributed by atoms with Gasteiger partial charge < -0.3 is 4.74 Å². The van der Waals surface area contributed by atoms with Crippen LogP contribution in [0.3, 0.4) is 0 Å². The van der Waals surface area contributed by atoms with E-state index in [1.54, 1.807) is 25.3 Å². The quantitative estimate of drug-likeness (QED) is 0.712. The second-order valence-electron chi connectivity index (χ2n) is 3.94. The summed E-state index contributed by atoms with van der Waals surface area (Å²) in [5.74, 6) is 0.507. The average molecular weight is 205 g/mol. The summed E-state index contributed by atoms with van der Waals surface area (Å²) in [5, 5.41) is 0. The first-order valence-corrected chi connectivity index (χ1v) is 5.40. The molecule has 0 saturated heterocycles. The first-order chi connectivity index (χ1) is 7.27. The Morgan fingerprint density at radius 2 is 2.20 bits per heavy atom. The van der Waals surface area contributed by atoms with Crippen LogP contribution in [0, 0.1) is 0 Å². The molecular formula is C12H15NO2. The molecule has 0 bridgehead atoms. The van der Waals surface area contributed by atoms with Crippen molar-refractivity contribution in [1.82, 2.24) is 4.98 Å². The fraction of sp³-hybridized carbons (Fsp3) is 0.500. The van der Waals surface area contributed by atoms with Gasteiger partial charge in [-0.1, -0.05) is 0 Å². The number of pyridine rings is 1. The van der Waals surface area contributed by atoms with E-state index < -0.39 is 0 Å². The summed E-state index contributed by atoms with van der Waals surface area (Å²) in [6, 6.07) is 3.53. The van der Waals surface area contributed by atoms with Crippen molar-refractivity contribution in [3.8, 4) is 5.88 Å². The molecule has 1 aliphatic rings. The highest BCUT2D eigenvalue weighted by molar-refractivity contribution is 5.96. The number of rotatable bonds is 3. The van der Waals surface area contributed by atoms with E-state index in [2.05, 4.69) is 4.98 Å². The average Bonchev–Trinajstić information content (AvgIpc) is 2.71. The zero-order valence-electron chi connectivity index (χ0n) is 8.90. The van der Waals surface area contributed by atoms with Gasteiger partial charge in [-0.05, 0) is 44.7 Å². The van der Waals surface area contributed by atoms with Crippen LogP contribution in [0.5, 0.6) is 5.88 Å². The highest BCUT2D eigenvalue weighted by Crippen LogP contribution is 2.24. The van der Waals surface area contributed by atoms with E-state index in [0.717, 1.165) is 12.8 Å². The molecule has 1 aromatic heterocycles. The molecule has 1 aromatic rings. The molecule has 1 fully saturated rings. The Labute approximate surface area is 89.5 Å². The predicted molar refractivity (Wildman–Crippen MR) is 57.1 cm³/mol. The maximum Gasteiger partial charge on any atom is 0.224 e. The number of hydrogen-bond acceptors (Lipinski definition) is 3. The van der Waals surface area contributed by atoms with Gasteiger partial charge in [0.2, 0.25) is 5.88 Å². The summed E-state index contributed by atoms with van der Waals surface area (Å²) >= 11 is 0. The lowest BCUT2D eigenvalue weighted by Crippen LogP contribution is -2.14. The fourth-order valence-electron chi connectivity index (χ4n) is 1.92. The van der Waals surface area contributed by atoms with Gasteiger partial charge in [-0.2, -0.15) is 0 Å². The molecule has 1 heterocycles. The maximum atomic E-state index is 11.3. The first-order valence-electron chi connectivity index (χ1n) is 5.40. The van der Waals surface area contributed by atoms with E-state index in [9.17, 15) is 4.79 Å². The Balaban J connectivity index is 2.15. The molecule has 15 heavy (non-hydrogen) atoms. The molecule has 0 aliphatic heterocycles. The summed E-state index contributed by atoms with van der Waals surface area (Å²) in [6.45, 7) is 1.54. The summed E-state index contributed by atoms with van der Waals surface area (Å²) in [7, 11) is 0. The minimum atomic E-state index is 0.0103. The number of nitrogens with zero attached hydrogens (tertiary/aromatic N) is 1. The highest BCUT2D eigenvalue weighted by Gasteiger charge is 2.19. The molecule has 0 radical (unpaired) electrons. The van der Waals surface area contributed by atoms with Crippen LogP contribution in [-0.4, -0.2) is 16.9 Å². The van der Waals surface area contributed by atoms with Gasteiger partial charge in [-0.3, -0.25) is 4.79 Å². The SMILES string of the molecule is CC(=O)c1cccnc1OC1CCCC1. The molecule has 0 N–H and O–H groups in total. The van der Waals surface area contributed by atoms with Crippen LogP contribution >= 0.6 is 0 Å². The van der Waals surface area contributed by atoms with Crippen molar-refractivity contribution in [2.75, 3.05) is 0 Å². The molecule has 1 saturated carbocycles. The van der Waals surface area contributed by atoms with E-state index >= 15 is 0 Å². The number of carbonyl (C=O) groups excluding carboxylic acids is 1. The third-order valence-corrected chi connectivity index (χ3v) is 2.73. The lowest BCUT2D eigenvalue weighted by molar-refractivity contribution is 0.100. The summed E-state index contributed by atoms with van der Waals surface area (Å²) in [6.07, 6.45) is 6.50. The lowest BCUT2D eigenvalue weighted by Gasteiger charge is -2.13. The van der Waals surface area contributed by atoms with Crippen molar-refractivity contribution in [2.24, 2.45) is 0 Å². The minimum absolute atomic E-state index is 0.0103. The molecule has 0 aromatic carbocycles. The number of hydrogen-bond donors (Lipinski definition) is 0. The van der Waals surface area contributed by atoms with Gasteiger partial charge in [0.1, 0.15) is 6.10 Å². The maximum absolute atomic E-state index is 11.3. The minimum Gasteiger partial charge on any atom is -0.474 e. The second kappa shape index (κ2) is 4.43. The topological polar surface area (TPSA) is 39.2 Å². The zero-order valence-corrected chi connectivity index (χ0v) is 8.90. The van der Waals surface area contributed by atoms with Crippen LogP contribution in [-0.2, 0) is 0 Å². The van der Waals surface area contributed by atoms with Crippen LogP contribution in [0.25, 0.3) is 0 Å². The van der Waals surface area contributed by atoms with E-state index in [1.807, 2.05) is 0 Å². The lowest BCUT2D eigenvalue weighted by atomic mass is 10.2. The van der Waals surface area contributed by atoms with Crippen molar-refractivity contribution in [3.63, 3.8) is 0 Å². The second-order valence-corrected chi connectivity index (χ2v) is 3.94. The number of ketones is 1. The first kappa shape index (κ1) is 10.1. The van der Waals surface area contributed by atoms with Crippen LogP contribution in [0.2, 0.25) is 0 Å².